The number of anilines is 1. The van der Waals surface area contributed by atoms with Crippen LogP contribution in [-0.2, 0) is 20.7 Å². The Bertz CT molecular complexity index is 1880. The van der Waals surface area contributed by atoms with Gasteiger partial charge in [-0.3, -0.25) is 14.7 Å². The lowest BCUT2D eigenvalue weighted by molar-refractivity contribution is -0.142. The quantitative estimate of drug-likeness (QED) is 0.146. The lowest BCUT2D eigenvalue weighted by Gasteiger charge is -2.30. The van der Waals surface area contributed by atoms with Gasteiger partial charge >= 0.3 is 12.0 Å². The topological polar surface area (TPSA) is 108 Å². The van der Waals surface area contributed by atoms with Gasteiger partial charge in [-0.15, -0.1) is 0 Å². The molecule has 3 fully saturated rings. The van der Waals surface area contributed by atoms with E-state index in [1.807, 2.05) is 6.92 Å². The Morgan fingerprint density at radius 1 is 1.17 bits per heavy atom. The summed E-state index contributed by atoms with van der Waals surface area (Å²) in [6, 6.07) is 6.32. The van der Waals surface area contributed by atoms with Crippen LogP contribution < -0.4 is 14.8 Å². The van der Waals surface area contributed by atoms with Gasteiger partial charge in [-0.05, 0) is 72.7 Å². The molecule has 1 saturated carbocycles. The lowest BCUT2D eigenvalue weighted by Crippen LogP contribution is -2.43. The molecule has 2 aliphatic heterocycles. The van der Waals surface area contributed by atoms with Crippen molar-refractivity contribution in [1.82, 2.24) is 19.9 Å². The Balaban J connectivity index is 1.32. The van der Waals surface area contributed by atoms with Crippen LogP contribution in [0.25, 0.3) is 32.9 Å². The van der Waals surface area contributed by atoms with Crippen LogP contribution in [-0.4, -0.2) is 84.8 Å². The summed E-state index contributed by atoms with van der Waals surface area (Å²) in [6.45, 7) is 3.50. The first-order valence-electron chi connectivity index (χ1n) is 16.3. The summed E-state index contributed by atoms with van der Waals surface area (Å²) in [6.07, 6.45) is 3.65. The number of benzene rings is 2. The van der Waals surface area contributed by atoms with Gasteiger partial charge in [0.2, 0.25) is 0 Å². The molecule has 10 nitrogen and oxygen atoms in total. The number of methoxy groups -OCH3 is 2. The predicted octanol–water partition coefficient (Wildman–Crippen LogP) is 5.84. The fourth-order valence-electron chi connectivity index (χ4n) is 7.44. The minimum Gasteiger partial charge on any atom is -0.469 e. The van der Waals surface area contributed by atoms with E-state index in [4.69, 9.17) is 18.9 Å². The highest BCUT2D eigenvalue weighted by atomic mass is 19.1. The zero-order valence-corrected chi connectivity index (χ0v) is 27.2. The first-order chi connectivity index (χ1) is 23.2. The fourth-order valence-corrected chi connectivity index (χ4v) is 7.44. The van der Waals surface area contributed by atoms with E-state index in [1.54, 1.807) is 18.2 Å². The van der Waals surface area contributed by atoms with Gasteiger partial charge in [0.05, 0.1) is 24.0 Å². The lowest BCUT2D eigenvalue weighted by atomic mass is 9.94. The van der Waals surface area contributed by atoms with Gasteiger partial charge in [-0.2, -0.15) is 9.97 Å². The average molecular weight is 666 g/mol. The summed E-state index contributed by atoms with van der Waals surface area (Å²) >= 11 is 0. The second-order valence-corrected chi connectivity index (χ2v) is 12.9. The van der Waals surface area contributed by atoms with Crippen LogP contribution in [0.5, 0.6) is 11.8 Å². The standard InChI is InChI=1S/C35H38F3N5O5/c1-4-23-27(37)7-6-19-10-22(48-18-45-2)12-25(28(19)23)30-29(38)31-26(15-39-30)32(40-14-20-11-24(20)33(44)46-3)42-34(41-31)47-17-35-8-5-9-43(35)16-21(36)13-35/h6-7,10,12,15,20-21,24H,4-5,8-9,11,13-14,16-18H2,1-3H3,(H,40,41,42)/t20-,21-,24+,35+/m1/s1. The third kappa shape index (κ3) is 5.87. The summed E-state index contributed by atoms with van der Waals surface area (Å²) in [4.78, 5) is 27.8. The highest BCUT2D eigenvalue weighted by Crippen LogP contribution is 2.43. The molecule has 0 radical (unpaired) electrons. The Labute approximate surface area is 275 Å². The van der Waals surface area contributed by atoms with Crippen LogP contribution in [0.4, 0.5) is 19.0 Å². The van der Waals surface area contributed by atoms with E-state index >= 15 is 8.78 Å². The van der Waals surface area contributed by atoms with E-state index in [0.717, 1.165) is 19.4 Å². The minimum absolute atomic E-state index is 0.0263. The van der Waals surface area contributed by atoms with Gasteiger partial charge in [0.25, 0.3) is 0 Å². The number of esters is 1. The maximum absolute atomic E-state index is 16.9. The third-order valence-electron chi connectivity index (χ3n) is 9.95. The van der Waals surface area contributed by atoms with Crippen molar-refractivity contribution in [2.45, 2.75) is 50.7 Å². The van der Waals surface area contributed by atoms with E-state index in [2.05, 4.69) is 25.2 Å². The maximum Gasteiger partial charge on any atom is 0.319 e. The smallest absolute Gasteiger partial charge is 0.319 e. The van der Waals surface area contributed by atoms with Gasteiger partial charge < -0.3 is 24.3 Å². The molecule has 0 bridgehead atoms. The van der Waals surface area contributed by atoms with Crippen LogP contribution in [0.2, 0.25) is 0 Å². The number of aromatic nitrogens is 3. The first kappa shape index (κ1) is 32.3. The van der Waals surface area contributed by atoms with Crippen molar-refractivity contribution in [2.24, 2.45) is 11.8 Å². The van der Waals surface area contributed by atoms with Crippen molar-refractivity contribution >= 4 is 33.5 Å². The molecule has 48 heavy (non-hydrogen) atoms. The molecule has 0 amide bonds. The molecule has 2 aromatic carbocycles. The fraction of sp³-hybridized carbons (Fsp3) is 0.486. The molecule has 4 aromatic rings. The van der Waals surface area contributed by atoms with Gasteiger partial charge in [0, 0.05) is 38.4 Å². The number of halogens is 3. The molecule has 2 saturated heterocycles. The monoisotopic (exact) mass is 665 g/mol. The van der Waals surface area contributed by atoms with Crippen LogP contribution in [0.3, 0.4) is 0 Å². The second-order valence-electron chi connectivity index (χ2n) is 12.9. The summed E-state index contributed by atoms with van der Waals surface area (Å²) < 4.78 is 68.3. The van der Waals surface area contributed by atoms with Gasteiger partial charge in [-0.1, -0.05) is 13.0 Å². The molecule has 7 rings (SSSR count). The number of fused-ring (bicyclic) bond motifs is 3. The van der Waals surface area contributed by atoms with E-state index in [9.17, 15) is 9.18 Å². The molecule has 1 N–H and O–H groups in total. The molecule has 4 heterocycles. The number of hydrogen-bond acceptors (Lipinski definition) is 10. The number of carbonyl (C=O) groups excluding carboxylic acids is 1. The minimum atomic E-state index is -0.938. The first-order valence-corrected chi connectivity index (χ1v) is 16.3. The van der Waals surface area contributed by atoms with Crippen LogP contribution in [0.1, 0.15) is 38.2 Å². The Morgan fingerprint density at radius 2 is 2.02 bits per heavy atom. The SMILES string of the molecule is CCc1c(F)ccc2cc(OCOC)cc(-c3ncc4c(NC[C@H]5C[C@@H]5C(=O)OC)nc(OC[C@@]56CCCN5C[C@H](F)C6)nc4c3F)c12. The number of rotatable bonds is 12. The number of carbonyl (C=O) groups is 1. The van der Waals surface area contributed by atoms with E-state index in [0.29, 0.717) is 71.2 Å². The summed E-state index contributed by atoms with van der Waals surface area (Å²) in [5.41, 5.74) is 0.204. The highest BCUT2D eigenvalue weighted by molar-refractivity contribution is 6.01. The zero-order valence-electron chi connectivity index (χ0n) is 27.2. The predicted molar refractivity (Wildman–Crippen MR) is 173 cm³/mol. The highest BCUT2D eigenvalue weighted by Gasteiger charge is 2.49. The number of aryl methyl sites for hydroxylation is 1. The van der Waals surface area contributed by atoms with Crippen molar-refractivity contribution in [2.75, 3.05) is 52.6 Å². The number of nitrogens with zero attached hydrogens (tertiary/aromatic N) is 4. The number of pyridine rings is 1. The average Bonchev–Trinajstić information content (AvgIpc) is 3.67. The van der Waals surface area contributed by atoms with Crippen LogP contribution in [0, 0.1) is 23.5 Å². The third-order valence-corrected chi connectivity index (χ3v) is 9.95. The van der Waals surface area contributed by atoms with Crippen molar-refractivity contribution < 1.29 is 36.9 Å². The molecular formula is C35H38F3N5O5. The van der Waals surface area contributed by atoms with Gasteiger partial charge in [0.15, 0.2) is 12.6 Å². The van der Waals surface area contributed by atoms with Gasteiger partial charge in [0.1, 0.15) is 41.4 Å². The zero-order chi connectivity index (χ0) is 33.6. The molecule has 3 aliphatic rings. The number of nitrogens with one attached hydrogen (secondary N) is 1. The molecule has 0 spiro atoms. The summed E-state index contributed by atoms with van der Waals surface area (Å²) in [5, 5.41) is 4.73. The molecule has 1 aliphatic carbocycles. The molecular weight excluding hydrogens is 627 g/mol. The second kappa shape index (κ2) is 13.0. The van der Waals surface area contributed by atoms with E-state index < -0.39 is 23.3 Å². The largest absolute Gasteiger partial charge is 0.469 e. The van der Waals surface area contributed by atoms with Crippen molar-refractivity contribution in [3.8, 4) is 23.0 Å². The number of ether oxygens (including phenoxy) is 4. The molecule has 4 atom stereocenters. The van der Waals surface area contributed by atoms with E-state index in [-0.39, 0.29) is 48.4 Å². The Hall–Kier alpha value is -4.23. The Kier molecular flexibility index (Phi) is 8.75. The molecule has 2 aromatic heterocycles. The van der Waals surface area contributed by atoms with Crippen LogP contribution in [0.15, 0.2) is 30.5 Å². The van der Waals surface area contributed by atoms with Crippen molar-refractivity contribution in [3.05, 3.63) is 47.7 Å². The van der Waals surface area contributed by atoms with Crippen molar-refractivity contribution in [1.29, 1.82) is 0 Å². The summed E-state index contributed by atoms with van der Waals surface area (Å²) in [7, 11) is 2.85. The Morgan fingerprint density at radius 3 is 2.81 bits per heavy atom. The van der Waals surface area contributed by atoms with Crippen molar-refractivity contribution in [3.63, 3.8) is 0 Å². The molecule has 254 valence electrons. The van der Waals surface area contributed by atoms with E-state index in [1.165, 1.54) is 26.5 Å². The molecule has 0 unspecified atom stereocenters. The normalized spacial score (nSPS) is 23.4. The number of alkyl halides is 1. The summed E-state index contributed by atoms with van der Waals surface area (Å²) in [5.74, 6) is -0.925. The number of hydrogen-bond donors (Lipinski definition) is 1. The van der Waals surface area contributed by atoms with Crippen LogP contribution >= 0.6 is 0 Å². The molecule has 13 heteroatoms. The maximum atomic E-state index is 16.9. The van der Waals surface area contributed by atoms with Gasteiger partial charge in [-0.25, -0.2) is 13.2 Å².